The maximum Gasteiger partial charge on any atom is 0.253 e. The van der Waals surface area contributed by atoms with Crippen molar-refractivity contribution in [3.8, 4) is 0 Å². The van der Waals surface area contributed by atoms with Crippen LogP contribution in [0.2, 0.25) is 0 Å². The lowest BCUT2D eigenvalue weighted by molar-refractivity contribution is -0.123. The molecule has 29 heavy (non-hydrogen) atoms. The second kappa shape index (κ2) is 8.02. The van der Waals surface area contributed by atoms with Crippen LogP contribution in [0.3, 0.4) is 0 Å². The minimum Gasteiger partial charge on any atom is -0.338 e. The average molecular weight is 391 g/mol. The van der Waals surface area contributed by atoms with Gasteiger partial charge in [-0.25, -0.2) is 0 Å². The number of fused-ring (bicyclic) bond motifs is 1. The van der Waals surface area contributed by atoms with E-state index >= 15 is 0 Å². The number of rotatable bonds is 2. The van der Waals surface area contributed by atoms with Crippen LogP contribution in [0.15, 0.2) is 36.4 Å². The Hall–Kier alpha value is -2.62. The molecule has 4 nitrogen and oxygen atoms in total. The Labute approximate surface area is 173 Å². The molecule has 2 aromatic rings. The number of hydrogen-bond acceptors (Lipinski definition) is 2. The standard InChI is InChI=1S/C25H30N2O2/c1-17-8-9-23-20(13-17)6-5-11-27(23)25(29)21-7-4-10-26(16-21)24(28)22-14-18(2)12-19(3)15-22/h8-9,12-15,21H,4-7,10-11,16H2,1-3H3. The molecule has 0 bridgehead atoms. The molecule has 2 aliphatic rings. The van der Waals surface area contributed by atoms with Gasteiger partial charge < -0.3 is 9.80 Å². The Bertz CT molecular complexity index is 930. The summed E-state index contributed by atoms with van der Waals surface area (Å²) in [6.45, 7) is 8.15. The van der Waals surface area contributed by atoms with Crippen molar-refractivity contribution in [2.45, 2.75) is 46.5 Å². The molecule has 0 spiro atoms. The molecule has 2 heterocycles. The van der Waals surface area contributed by atoms with Crippen molar-refractivity contribution < 1.29 is 9.59 Å². The van der Waals surface area contributed by atoms with Crippen LogP contribution in [-0.4, -0.2) is 36.3 Å². The summed E-state index contributed by atoms with van der Waals surface area (Å²) < 4.78 is 0. The summed E-state index contributed by atoms with van der Waals surface area (Å²) in [4.78, 5) is 30.3. The molecule has 0 radical (unpaired) electrons. The van der Waals surface area contributed by atoms with Gasteiger partial charge in [0.05, 0.1) is 5.92 Å². The Morgan fingerprint density at radius 3 is 2.41 bits per heavy atom. The zero-order valence-corrected chi connectivity index (χ0v) is 17.7. The number of piperidine rings is 1. The highest BCUT2D eigenvalue weighted by atomic mass is 16.2. The maximum absolute atomic E-state index is 13.4. The van der Waals surface area contributed by atoms with E-state index in [0.29, 0.717) is 6.54 Å². The number of amides is 2. The Morgan fingerprint density at radius 1 is 0.897 bits per heavy atom. The fourth-order valence-electron chi connectivity index (χ4n) is 4.82. The van der Waals surface area contributed by atoms with E-state index in [9.17, 15) is 9.59 Å². The van der Waals surface area contributed by atoms with Crippen LogP contribution in [0, 0.1) is 26.7 Å². The highest BCUT2D eigenvalue weighted by molar-refractivity contribution is 5.98. The van der Waals surface area contributed by atoms with E-state index in [1.165, 1.54) is 11.1 Å². The lowest BCUT2D eigenvalue weighted by atomic mass is 9.93. The minimum atomic E-state index is -0.120. The lowest BCUT2D eigenvalue weighted by Crippen LogP contribution is -2.48. The fourth-order valence-corrected chi connectivity index (χ4v) is 4.82. The van der Waals surface area contributed by atoms with Gasteiger partial charge >= 0.3 is 0 Å². The van der Waals surface area contributed by atoms with Gasteiger partial charge in [0, 0.05) is 30.9 Å². The molecular formula is C25H30N2O2. The first-order valence-corrected chi connectivity index (χ1v) is 10.7. The predicted molar refractivity (Wildman–Crippen MR) is 116 cm³/mol. The third-order valence-corrected chi connectivity index (χ3v) is 6.15. The van der Waals surface area contributed by atoms with E-state index in [1.54, 1.807) is 0 Å². The van der Waals surface area contributed by atoms with Crippen LogP contribution in [0.1, 0.15) is 51.9 Å². The number of carbonyl (C=O) groups excluding carboxylic acids is 2. The molecule has 1 fully saturated rings. The maximum atomic E-state index is 13.4. The van der Waals surface area contributed by atoms with Crippen LogP contribution in [0.5, 0.6) is 0 Å². The van der Waals surface area contributed by atoms with Gasteiger partial charge in [-0.05, 0) is 70.2 Å². The van der Waals surface area contributed by atoms with Crippen molar-refractivity contribution in [3.05, 3.63) is 64.2 Å². The van der Waals surface area contributed by atoms with Crippen LogP contribution in [0.4, 0.5) is 5.69 Å². The van der Waals surface area contributed by atoms with Crippen molar-refractivity contribution in [2.24, 2.45) is 5.92 Å². The van der Waals surface area contributed by atoms with Gasteiger partial charge in [-0.15, -0.1) is 0 Å². The summed E-state index contributed by atoms with van der Waals surface area (Å²) in [6, 6.07) is 12.3. The van der Waals surface area contributed by atoms with E-state index < -0.39 is 0 Å². The molecule has 1 unspecified atom stereocenters. The molecule has 2 aliphatic heterocycles. The second-order valence-corrected chi connectivity index (χ2v) is 8.69. The molecule has 1 saturated heterocycles. The molecule has 0 N–H and O–H groups in total. The predicted octanol–water partition coefficient (Wildman–Crippen LogP) is 4.44. The Morgan fingerprint density at radius 2 is 1.66 bits per heavy atom. The van der Waals surface area contributed by atoms with Gasteiger partial charge in [0.25, 0.3) is 5.91 Å². The van der Waals surface area contributed by atoms with Gasteiger partial charge in [-0.3, -0.25) is 9.59 Å². The molecular weight excluding hydrogens is 360 g/mol. The number of likely N-dealkylation sites (tertiary alicyclic amines) is 1. The van der Waals surface area contributed by atoms with Gasteiger partial charge in [0.1, 0.15) is 0 Å². The zero-order chi connectivity index (χ0) is 20.5. The summed E-state index contributed by atoms with van der Waals surface area (Å²) in [7, 11) is 0. The smallest absolute Gasteiger partial charge is 0.253 e. The van der Waals surface area contributed by atoms with Gasteiger partial charge in [0.2, 0.25) is 5.91 Å². The van der Waals surface area contributed by atoms with Crippen LogP contribution in [0.25, 0.3) is 0 Å². The van der Waals surface area contributed by atoms with Crippen molar-refractivity contribution in [1.82, 2.24) is 4.90 Å². The minimum absolute atomic E-state index is 0.0453. The third kappa shape index (κ3) is 4.07. The summed E-state index contributed by atoms with van der Waals surface area (Å²) in [5, 5.41) is 0. The van der Waals surface area contributed by atoms with E-state index in [1.807, 2.05) is 35.8 Å². The highest BCUT2D eigenvalue weighted by Gasteiger charge is 2.33. The van der Waals surface area contributed by atoms with E-state index in [0.717, 1.165) is 61.2 Å². The first kappa shape index (κ1) is 19.7. The van der Waals surface area contributed by atoms with Gasteiger partial charge in [-0.1, -0.05) is 34.9 Å². The van der Waals surface area contributed by atoms with E-state index in [4.69, 9.17) is 0 Å². The van der Waals surface area contributed by atoms with Crippen molar-refractivity contribution >= 4 is 17.5 Å². The summed E-state index contributed by atoms with van der Waals surface area (Å²) in [6.07, 6.45) is 3.76. The van der Waals surface area contributed by atoms with Gasteiger partial charge in [-0.2, -0.15) is 0 Å². The van der Waals surface area contributed by atoms with E-state index in [-0.39, 0.29) is 17.7 Å². The topological polar surface area (TPSA) is 40.6 Å². The number of hydrogen-bond donors (Lipinski definition) is 0. The molecule has 4 rings (SSSR count). The molecule has 2 amide bonds. The van der Waals surface area contributed by atoms with Crippen molar-refractivity contribution in [3.63, 3.8) is 0 Å². The molecule has 0 saturated carbocycles. The van der Waals surface area contributed by atoms with Gasteiger partial charge in [0.15, 0.2) is 0 Å². The van der Waals surface area contributed by atoms with Crippen LogP contribution in [-0.2, 0) is 11.2 Å². The number of benzene rings is 2. The normalized spacial score (nSPS) is 19.1. The van der Waals surface area contributed by atoms with Crippen LogP contribution >= 0.6 is 0 Å². The first-order chi connectivity index (χ1) is 13.9. The Kier molecular flexibility index (Phi) is 5.44. The molecule has 4 heteroatoms. The van der Waals surface area contributed by atoms with Crippen LogP contribution < -0.4 is 4.90 Å². The fraction of sp³-hybridized carbons (Fsp3) is 0.440. The molecule has 2 aromatic carbocycles. The average Bonchev–Trinajstić information content (AvgIpc) is 2.71. The number of anilines is 1. The van der Waals surface area contributed by atoms with Crippen molar-refractivity contribution in [1.29, 1.82) is 0 Å². The Balaban J connectivity index is 1.52. The molecule has 1 atom stereocenters. The summed E-state index contributed by atoms with van der Waals surface area (Å²) in [5.74, 6) is 0.0996. The summed E-state index contributed by atoms with van der Waals surface area (Å²) in [5.41, 5.74) is 6.49. The van der Waals surface area contributed by atoms with Crippen molar-refractivity contribution in [2.75, 3.05) is 24.5 Å². The SMILES string of the molecule is Cc1cc(C)cc(C(=O)N2CCCC(C(=O)N3CCCc4cc(C)ccc43)C2)c1. The quantitative estimate of drug-likeness (QED) is 0.760. The number of aryl methyl sites for hydroxylation is 4. The third-order valence-electron chi connectivity index (χ3n) is 6.15. The number of carbonyl (C=O) groups is 2. The molecule has 152 valence electrons. The molecule has 0 aromatic heterocycles. The molecule has 0 aliphatic carbocycles. The highest BCUT2D eigenvalue weighted by Crippen LogP contribution is 2.31. The van der Waals surface area contributed by atoms with E-state index in [2.05, 4.69) is 31.2 Å². The summed E-state index contributed by atoms with van der Waals surface area (Å²) >= 11 is 0. The number of nitrogens with zero attached hydrogens (tertiary/aromatic N) is 2. The lowest BCUT2D eigenvalue weighted by Gasteiger charge is -2.37. The largest absolute Gasteiger partial charge is 0.338 e. The first-order valence-electron chi connectivity index (χ1n) is 10.7. The monoisotopic (exact) mass is 390 g/mol. The zero-order valence-electron chi connectivity index (χ0n) is 17.7. The second-order valence-electron chi connectivity index (χ2n) is 8.69.